The molecule has 0 aliphatic carbocycles. The van der Waals surface area contributed by atoms with Crippen molar-refractivity contribution in [2.45, 2.75) is 39.7 Å². The standard InChI is InChI=1S/C10H18O4S/c1-10(2,3)7(6-8(11)12)14-9(13)4-5-15/h7,15H,4-6H2,1-3H3,(H,11,12). The van der Waals surface area contributed by atoms with Gasteiger partial charge in [0, 0.05) is 5.75 Å². The normalized spacial score (nSPS) is 13.3. The predicted octanol–water partition coefficient (Wildman–Crippen LogP) is 1.74. The van der Waals surface area contributed by atoms with Crippen molar-refractivity contribution in [3.63, 3.8) is 0 Å². The molecule has 1 atom stereocenters. The van der Waals surface area contributed by atoms with E-state index in [1.165, 1.54) is 0 Å². The Morgan fingerprint density at radius 2 is 1.93 bits per heavy atom. The van der Waals surface area contributed by atoms with Gasteiger partial charge in [0.2, 0.25) is 0 Å². The number of ether oxygens (including phenoxy) is 1. The maximum Gasteiger partial charge on any atom is 0.307 e. The molecule has 0 aromatic heterocycles. The zero-order valence-electron chi connectivity index (χ0n) is 9.32. The van der Waals surface area contributed by atoms with Gasteiger partial charge in [-0.2, -0.15) is 12.6 Å². The fourth-order valence-corrected chi connectivity index (χ4v) is 1.17. The monoisotopic (exact) mass is 234 g/mol. The molecule has 4 nitrogen and oxygen atoms in total. The SMILES string of the molecule is CC(C)(C)C(CC(=O)O)OC(=O)CCS. The molecule has 0 radical (unpaired) electrons. The third-order valence-corrected chi connectivity index (χ3v) is 2.14. The molecule has 0 rings (SSSR count). The zero-order chi connectivity index (χ0) is 12.1. The Balaban J connectivity index is 4.38. The summed E-state index contributed by atoms with van der Waals surface area (Å²) in [5.41, 5.74) is -0.370. The van der Waals surface area contributed by atoms with Gasteiger partial charge in [0.15, 0.2) is 0 Å². The minimum absolute atomic E-state index is 0.165. The lowest BCUT2D eigenvalue weighted by Gasteiger charge is -2.29. The van der Waals surface area contributed by atoms with Crippen LogP contribution >= 0.6 is 12.6 Å². The van der Waals surface area contributed by atoms with E-state index < -0.39 is 18.0 Å². The van der Waals surface area contributed by atoms with Crippen molar-refractivity contribution in [3.05, 3.63) is 0 Å². The third kappa shape index (κ3) is 6.38. The first-order chi connectivity index (χ1) is 6.77. The van der Waals surface area contributed by atoms with Crippen LogP contribution in [0.25, 0.3) is 0 Å². The minimum atomic E-state index is -0.964. The molecule has 0 fully saturated rings. The van der Waals surface area contributed by atoms with E-state index in [0.717, 1.165) is 0 Å². The number of carbonyl (C=O) groups excluding carboxylic acids is 1. The van der Waals surface area contributed by atoms with E-state index in [0.29, 0.717) is 5.75 Å². The summed E-state index contributed by atoms with van der Waals surface area (Å²) in [7, 11) is 0. The number of thiol groups is 1. The summed E-state index contributed by atoms with van der Waals surface area (Å²) < 4.78 is 5.10. The Morgan fingerprint density at radius 3 is 2.27 bits per heavy atom. The van der Waals surface area contributed by atoms with Gasteiger partial charge in [0.1, 0.15) is 6.10 Å². The van der Waals surface area contributed by atoms with Gasteiger partial charge in [-0.25, -0.2) is 0 Å². The molecule has 1 unspecified atom stereocenters. The van der Waals surface area contributed by atoms with E-state index in [4.69, 9.17) is 9.84 Å². The van der Waals surface area contributed by atoms with Gasteiger partial charge in [0.05, 0.1) is 12.8 Å². The van der Waals surface area contributed by atoms with Crippen LogP contribution in [0.3, 0.4) is 0 Å². The lowest BCUT2D eigenvalue weighted by atomic mass is 9.87. The number of carboxylic acid groups (broad SMARTS) is 1. The maximum absolute atomic E-state index is 11.2. The molecule has 5 heteroatoms. The van der Waals surface area contributed by atoms with Crippen LogP contribution in [0.2, 0.25) is 0 Å². The van der Waals surface area contributed by atoms with Crippen LogP contribution in [0.5, 0.6) is 0 Å². The van der Waals surface area contributed by atoms with Gasteiger partial charge < -0.3 is 9.84 Å². The van der Waals surface area contributed by atoms with Gasteiger partial charge in [0.25, 0.3) is 0 Å². The second-order valence-corrected chi connectivity index (χ2v) is 4.86. The van der Waals surface area contributed by atoms with Crippen molar-refractivity contribution in [2.75, 3.05) is 5.75 Å². The first-order valence-corrected chi connectivity index (χ1v) is 5.42. The van der Waals surface area contributed by atoms with Crippen molar-refractivity contribution in [1.82, 2.24) is 0 Å². The molecule has 0 heterocycles. The zero-order valence-corrected chi connectivity index (χ0v) is 10.2. The van der Waals surface area contributed by atoms with Crippen molar-refractivity contribution < 1.29 is 19.4 Å². The highest BCUT2D eigenvalue weighted by Gasteiger charge is 2.30. The lowest BCUT2D eigenvalue weighted by Crippen LogP contribution is -2.33. The van der Waals surface area contributed by atoms with E-state index in [-0.39, 0.29) is 18.3 Å². The molecule has 0 spiro atoms. The number of esters is 1. The maximum atomic E-state index is 11.2. The van der Waals surface area contributed by atoms with Crippen molar-refractivity contribution in [1.29, 1.82) is 0 Å². The fourth-order valence-electron chi connectivity index (χ4n) is 0.992. The smallest absolute Gasteiger partial charge is 0.307 e. The van der Waals surface area contributed by atoms with Gasteiger partial charge in [-0.1, -0.05) is 20.8 Å². The summed E-state index contributed by atoms with van der Waals surface area (Å²) in [5.74, 6) is -0.956. The second-order valence-electron chi connectivity index (χ2n) is 4.42. The second kappa shape index (κ2) is 6.00. The quantitative estimate of drug-likeness (QED) is 0.562. The highest BCUT2D eigenvalue weighted by Crippen LogP contribution is 2.25. The summed E-state index contributed by atoms with van der Waals surface area (Å²) in [4.78, 5) is 21.8. The first kappa shape index (κ1) is 14.3. The topological polar surface area (TPSA) is 63.6 Å². The summed E-state index contributed by atoms with van der Waals surface area (Å²) in [5, 5.41) is 8.68. The van der Waals surface area contributed by atoms with Crippen LogP contribution in [0, 0.1) is 5.41 Å². The van der Waals surface area contributed by atoms with Crippen LogP contribution in [0.1, 0.15) is 33.6 Å². The number of rotatable bonds is 5. The third-order valence-electron chi connectivity index (χ3n) is 1.92. The van der Waals surface area contributed by atoms with Crippen molar-refractivity contribution >= 4 is 24.6 Å². The van der Waals surface area contributed by atoms with E-state index in [1.807, 2.05) is 20.8 Å². The molecular formula is C10H18O4S. The Morgan fingerprint density at radius 1 is 1.40 bits per heavy atom. The number of aliphatic carboxylic acids is 1. The Bertz CT molecular complexity index is 232. The van der Waals surface area contributed by atoms with E-state index in [1.54, 1.807) is 0 Å². The lowest BCUT2D eigenvalue weighted by molar-refractivity contribution is -0.158. The van der Waals surface area contributed by atoms with Crippen molar-refractivity contribution in [2.24, 2.45) is 5.41 Å². The molecule has 0 bridgehead atoms. The molecule has 0 aliphatic heterocycles. The molecule has 0 aromatic carbocycles. The molecule has 0 saturated heterocycles. The number of carbonyl (C=O) groups is 2. The van der Waals surface area contributed by atoms with Crippen LogP contribution in [0.15, 0.2) is 0 Å². The number of carboxylic acids is 1. The highest BCUT2D eigenvalue weighted by atomic mass is 32.1. The average molecular weight is 234 g/mol. The van der Waals surface area contributed by atoms with Crippen LogP contribution in [-0.2, 0) is 14.3 Å². The van der Waals surface area contributed by atoms with Gasteiger partial charge in [-0.3, -0.25) is 9.59 Å². The molecule has 0 aromatic rings. The van der Waals surface area contributed by atoms with Gasteiger partial charge in [-0.05, 0) is 5.41 Å². The van der Waals surface area contributed by atoms with E-state index in [2.05, 4.69) is 12.6 Å². The summed E-state index contributed by atoms with van der Waals surface area (Å²) in [6.45, 7) is 5.53. The summed E-state index contributed by atoms with van der Waals surface area (Å²) in [6, 6.07) is 0. The molecule has 0 saturated carbocycles. The minimum Gasteiger partial charge on any atom is -0.481 e. The van der Waals surface area contributed by atoms with Crippen LogP contribution in [0.4, 0.5) is 0 Å². The Kier molecular flexibility index (Phi) is 5.72. The summed E-state index contributed by atoms with van der Waals surface area (Å²) in [6.07, 6.45) is -0.556. The number of hydrogen-bond donors (Lipinski definition) is 2. The average Bonchev–Trinajstić information content (AvgIpc) is 2.00. The molecule has 88 valence electrons. The highest BCUT2D eigenvalue weighted by molar-refractivity contribution is 7.80. The predicted molar refractivity (Wildman–Crippen MR) is 60.1 cm³/mol. The van der Waals surface area contributed by atoms with Crippen LogP contribution < -0.4 is 0 Å². The van der Waals surface area contributed by atoms with E-state index >= 15 is 0 Å². The Hall–Kier alpha value is -0.710. The first-order valence-electron chi connectivity index (χ1n) is 4.79. The fraction of sp³-hybridized carbons (Fsp3) is 0.800. The van der Waals surface area contributed by atoms with Gasteiger partial charge >= 0.3 is 11.9 Å². The molecule has 1 N–H and O–H groups in total. The van der Waals surface area contributed by atoms with Crippen molar-refractivity contribution in [3.8, 4) is 0 Å². The molecule has 0 amide bonds. The largest absolute Gasteiger partial charge is 0.481 e. The molecule has 15 heavy (non-hydrogen) atoms. The molecular weight excluding hydrogens is 216 g/mol. The molecule has 0 aliphatic rings. The Labute approximate surface area is 95.4 Å². The van der Waals surface area contributed by atoms with Crippen LogP contribution in [-0.4, -0.2) is 28.9 Å². The van der Waals surface area contributed by atoms with Gasteiger partial charge in [-0.15, -0.1) is 0 Å². The number of hydrogen-bond acceptors (Lipinski definition) is 4. The van der Waals surface area contributed by atoms with E-state index in [9.17, 15) is 9.59 Å². The summed E-state index contributed by atoms with van der Waals surface area (Å²) >= 11 is 3.91.